The lowest BCUT2D eigenvalue weighted by atomic mass is 10.2. The molecule has 0 aliphatic rings. The van der Waals surface area contributed by atoms with Gasteiger partial charge in [-0.1, -0.05) is 0 Å². The minimum Gasteiger partial charge on any atom is -0.349 e. The number of nitrogens with one attached hydrogen (secondary N) is 2. The van der Waals surface area contributed by atoms with Crippen molar-refractivity contribution in [2.75, 3.05) is 0 Å². The van der Waals surface area contributed by atoms with Crippen molar-refractivity contribution in [3.8, 4) is 0 Å². The van der Waals surface area contributed by atoms with Crippen molar-refractivity contribution >= 4 is 5.91 Å². The highest BCUT2D eigenvalue weighted by atomic mass is 16.1. The second-order valence-corrected chi connectivity index (χ2v) is 3.84. The minimum atomic E-state index is -0.0288. The van der Waals surface area contributed by atoms with Gasteiger partial charge in [-0.25, -0.2) is 0 Å². The van der Waals surface area contributed by atoms with Gasteiger partial charge in [-0.3, -0.25) is 14.6 Å². The molecule has 90 valence electrons. The number of H-pyrrole nitrogens is 1. The fourth-order valence-electron chi connectivity index (χ4n) is 1.54. The van der Waals surface area contributed by atoms with Crippen LogP contribution in [0.1, 0.15) is 24.9 Å². The molecule has 0 radical (unpaired) electrons. The van der Waals surface area contributed by atoms with Crippen molar-refractivity contribution < 1.29 is 4.79 Å². The Labute approximate surface area is 99.0 Å². The van der Waals surface area contributed by atoms with Gasteiger partial charge in [-0.2, -0.15) is 10.2 Å². The quantitative estimate of drug-likeness (QED) is 0.804. The lowest BCUT2D eigenvalue weighted by Gasteiger charge is -2.11. The molecule has 6 heteroatoms. The highest BCUT2D eigenvalue weighted by Gasteiger charge is 2.10. The van der Waals surface area contributed by atoms with Gasteiger partial charge < -0.3 is 5.32 Å². The van der Waals surface area contributed by atoms with E-state index in [2.05, 4.69) is 20.6 Å². The van der Waals surface area contributed by atoms with Crippen LogP contribution in [0.5, 0.6) is 0 Å². The van der Waals surface area contributed by atoms with Crippen LogP contribution in [-0.2, 0) is 11.3 Å². The first-order valence-corrected chi connectivity index (χ1v) is 5.51. The number of hydrogen-bond donors (Lipinski definition) is 2. The van der Waals surface area contributed by atoms with E-state index in [0.29, 0.717) is 13.0 Å². The zero-order valence-electron chi connectivity index (χ0n) is 9.63. The number of nitrogens with zero attached hydrogens (tertiary/aromatic N) is 3. The lowest BCUT2D eigenvalue weighted by molar-refractivity contribution is -0.122. The van der Waals surface area contributed by atoms with E-state index >= 15 is 0 Å². The Balaban J connectivity index is 1.77. The standard InChI is InChI=1S/C11H15N5O/c1-9(10-7-12-13-8-10)15-11(17)3-6-16-5-2-4-14-16/h2,4-5,7-9H,3,6H2,1H3,(H,12,13)(H,15,17). The summed E-state index contributed by atoms with van der Waals surface area (Å²) in [4.78, 5) is 11.7. The van der Waals surface area contributed by atoms with Crippen LogP contribution in [0.3, 0.4) is 0 Å². The van der Waals surface area contributed by atoms with Crippen molar-refractivity contribution in [2.24, 2.45) is 0 Å². The molecule has 0 aliphatic carbocycles. The number of rotatable bonds is 5. The van der Waals surface area contributed by atoms with Crippen molar-refractivity contribution in [1.29, 1.82) is 0 Å². The number of aryl methyl sites for hydroxylation is 1. The zero-order valence-corrected chi connectivity index (χ0v) is 9.63. The molecule has 2 N–H and O–H groups in total. The van der Waals surface area contributed by atoms with E-state index in [1.54, 1.807) is 23.3 Å². The molecule has 0 aromatic carbocycles. The van der Waals surface area contributed by atoms with Crippen LogP contribution < -0.4 is 5.32 Å². The summed E-state index contributed by atoms with van der Waals surface area (Å²) >= 11 is 0. The maximum Gasteiger partial charge on any atom is 0.222 e. The summed E-state index contributed by atoms with van der Waals surface area (Å²) < 4.78 is 1.74. The Morgan fingerprint density at radius 1 is 1.65 bits per heavy atom. The Morgan fingerprint density at radius 3 is 3.18 bits per heavy atom. The molecular formula is C11H15N5O. The Morgan fingerprint density at radius 2 is 2.53 bits per heavy atom. The summed E-state index contributed by atoms with van der Waals surface area (Å²) in [6.07, 6.45) is 7.44. The molecule has 0 saturated heterocycles. The van der Waals surface area contributed by atoms with Gasteiger partial charge in [0.05, 0.1) is 12.2 Å². The second kappa shape index (κ2) is 5.29. The minimum absolute atomic E-state index is 0.00852. The SMILES string of the molecule is CC(NC(=O)CCn1cccn1)c1cn[nH]c1. The number of carbonyl (C=O) groups excluding carboxylic acids is 1. The molecule has 2 aromatic heterocycles. The summed E-state index contributed by atoms with van der Waals surface area (Å²) in [5.41, 5.74) is 0.970. The van der Waals surface area contributed by atoms with Crippen molar-refractivity contribution in [3.63, 3.8) is 0 Å². The summed E-state index contributed by atoms with van der Waals surface area (Å²) in [7, 11) is 0. The normalized spacial score (nSPS) is 12.3. The van der Waals surface area contributed by atoms with E-state index in [0.717, 1.165) is 5.56 Å². The van der Waals surface area contributed by atoms with E-state index in [4.69, 9.17) is 0 Å². The highest BCUT2D eigenvalue weighted by molar-refractivity contribution is 5.76. The maximum absolute atomic E-state index is 11.7. The van der Waals surface area contributed by atoms with Crippen molar-refractivity contribution in [2.45, 2.75) is 25.9 Å². The topological polar surface area (TPSA) is 75.6 Å². The van der Waals surface area contributed by atoms with Gasteiger partial charge in [0.2, 0.25) is 5.91 Å². The largest absolute Gasteiger partial charge is 0.349 e. The molecule has 2 heterocycles. The first-order valence-electron chi connectivity index (χ1n) is 5.51. The molecule has 2 rings (SSSR count). The van der Waals surface area contributed by atoms with Crippen molar-refractivity contribution in [1.82, 2.24) is 25.3 Å². The first kappa shape index (κ1) is 11.4. The number of carbonyl (C=O) groups is 1. The van der Waals surface area contributed by atoms with Gasteiger partial charge in [0, 0.05) is 37.1 Å². The van der Waals surface area contributed by atoms with Gasteiger partial charge in [0.15, 0.2) is 0 Å². The van der Waals surface area contributed by atoms with Crippen LogP contribution in [-0.4, -0.2) is 25.9 Å². The molecule has 17 heavy (non-hydrogen) atoms. The first-order chi connectivity index (χ1) is 8.25. The number of amides is 1. The van der Waals surface area contributed by atoms with Gasteiger partial charge in [0.25, 0.3) is 0 Å². The molecule has 1 atom stereocenters. The van der Waals surface area contributed by atoms with E-state index in [9.17, 15) is 4.79 Å². The predicted octanol–water partition coefficient (Wildman–Crippen LogP) is 0.874. The fraction of sp³-hybridized carbons (Fsp3) is 0.364. The molecule has 0 aliphatic heterocycles. The van der Waals surface area contributed by atoms with Gasteiger partial charge in [-0.05, 0) is 13.0 Å². The predicted molar refractivity (Wildman–Crippen MR) is 62.0 cm³/mol. The Bertz CT molecular complexity index is 448. The fourth-order valence-corrected chi connectivity index (χ4v) is 1.54. The average molecular weight is 233 g/mol. The van der Waals surface area contributed by atoms with Crippen LogP contribution in [0.4, 0.5) is 0 Å². The van der Waals surface area contributed by atoms with E-state index < -0.39 is 0 Å². The van der Waals surface area contributed by atoms with E-state index in [1.807, 2.05) is 19.2 Å². The molecule has 0 spiro atoms. The molecule has 0 bridgehead atoms. The van der Waals surface area contributed by atoms with Crippen LogP contribution in [0.15, 0.2) is 30.9 Å². The van der Waals surface area contributed by atoms with Crippen LogP contribution in [0, 0.1) is 0 Å². The molecule has 1 unspecified atom stereocenters. The molecule has 6 nitrogen and oxygen atoms in total. The van der Waals surface area contributed by atoms with Gasteiger partial charge in [0.1, 0.15) is 0 Å². The average Bonchev–Trinajstić information content (AvgIpc) is 2.99. The Hall–Kier alpha value is -2.11. The summed E-state index contributed by atoms with van der Waals surface area (Å²) in [6.45, 7) is 2.52. The van der Waals surface area contributed by atoms with E-state index in [1.165, 1.54) is 0 Å². The second-order valence-electron chi connectivity index (χ2n) is 3.84. The van der Waals surface area contributed by atoms with Gasteiger partial charge >= 0.3 is 0 Å². The summed E-state index contributed by atoms with van der Waals surface area (Å²) in [6, 6.07) is 1.81. The van der Waals surface area contributed by atoms with E-state index in [-0.39, 0.29) is 11.9 Å². The molecule has 1 amide bonds. The van der Waals surface area contributed by atoms with Gasteiger partial charge in [-0.15, -0.1) is 0 Å². The molecule has 0 saturated carbocycles. The third-order valence-corrected chi connectivity index (χ3v) is 2.52. The Kier molecular flexibility index (Phi) is 3.54. The number of hydrogen-bond acceptors (Lipinski definition) is 3. The summed E-state index contributed by atoms with van der Waals surface area (Å²) in [5.74, 6) is 0.00852. The van der Waals surface area contributed by atoms with Crippen LogP contribution >= 0.6 is 0 Å². The highest BCUT2D eigenvalue weighted by Crippen LogP contribution is 2.08. The maximum atomic E-state index is 11.7. The molecule has 2 aromatic rings. The van der Waals surface area contributed by atoms with Crippen LogP contribution in [0.25, 0.3) is 0 Å². The smallest absolute Gasteiger partial charge is 0.222 e. The number of aromatic amines is 1. The molecular weight excluding hydrogens is 218 g/mol. The lowest BCUT2D eigenvalue weighted by Crippen LogP contribution is -2.27. The molecule has 0 fully saturated rings. The summed E-state index contributed by atoms with van der Waals surface area (Å²) in [5, 5.41) is 13.5. The monoisotopic (exact) mass is 233 g/mol. The third kappa shape index (κ3) is 3.17. The zero-order chi connectivity index (χ0) is 12.1. The van der Waals surface area contributed by atoms with Crippen molar-refractivity contribution in [3.05, 3.63) is 36.4 Å². The third-order valence-electron chi connectivity index (χ3n) is 2.52. The number of aromatic nitrogens is 4. The van der Waals surface area contributed by atoms with Crippen LogP contribution in [0.2, 0.25) is 0 Å².